The highest BCUT2D eigenvalue weighted by Gasteiger charge is 2.48. The van der Waals surface area contributed by atoms with Gasteiger partial charge in [-0.05, 0) is 44.2 Å². The minimum atomic E-state index is 0. The van der Waals surface area contributed by atoms with Crippen molar-refractivity contribution < 1.29 is 4.79 Å². The van der Waals surface area contributed by atoms with Crippen molar-refractivity contribution in [1.82, 2.24) is 10.2 Å². The first-order valence-electron chi connectivity index (χ1n) is 7.43. The van der Waals surface area contributed by atoms with E-state index >= 15 is 0 Å². The molecule has 2 rings (SSSR count). The van der Waals surface area contributed by atoms with Gasteiger partial charge in [0, 0.05) is 19.1 Å². The van der Waals surface area contributed by atoms with Crippen LogP contribution in [0, 0.1) is 17.8 Å². The smallest absolute Gasteiger partial charge is 0.225 e. The Morgan fingerprint density at radius 2 is 1.80 bits per heavy atom. The van der Waals surface area contributed by atoms with Crippen molar-refractivity contribution in [3.8, 4) is 0 Å². The van der Waals surface area contributed by atoms with Gasteiger partial charge in [0.15, 0.2) is 0 Å². The third-order valence-electron chi connectivity index (χ3n) is 4.91. The molecule has 20 heavy (non-hydrogen) atoms. The van der Waals surface area contributed by atoms with Gasteiger partial charge in [-0.2, -0.15) is 0 Å². The molecule has 0 aromatic heterocycles. The van der Waals surface area contributed by atoms with Crippen molar-refractivity contribution in [1.29, 1.82) is 0 Å². The third kappa shape index (κ3) is 4.23. The highest BCUT2D eigenvalue weighted by atomic mass is 35.5. The first-order valence-corrected chi connectivity index (χ1v) is 7.43. The zero-order valence-corrected chi connectivity index (χ0v) is 14.1. The number of likely N-dealkylation sites (N-methyl/N-ethyl adjacent to an activating group) is 1. The van der Waals surface area contributed by atoms with Crippen molar-refractivity contribution in [2.24, 2.45) is 23.5 Å². The number of nitrogens with zero attached hydrogens (tertiary/aromatic N) is 1. The van der Waals surface area contributed by atoms with Crippen LogP contribution in [-0.4, -0.2) is 43.0 Å². The molecule has 2 aliphatic rings. The number of nitrogens with two attached hydrogens (primary N) is 1. The maximum absolute atomic E-state index is 12.2. The Hall–Kier alpha value is -0.0300. The van der Waals surface area contributed by atoms with E-state index in [9.17, 15) is 4.79 Å². The summed E-state index contributed by atoms with van der Waals surface area (Å²) < 4.78 is 0. The number of hydrogen-bond acceptors (Lipinski definition) is 3. The van der Waals surface area contributed by atoms with Crippen molar-refractivity contribution in [2.75, 3.05) is 26.2 Å². The van der Waals surface area contributed by atoms with E-state index in [1.807, 2.05) is 0 Å². The fourth-order valence-electron chi connectivity index (χ4n) is 3.72. The van der Waals surface area contributed by atoms with Crippen LogP contribution < -0.4 is 11.1 Å². The van der Waals surface area contributed by atoms with E-state index in [2.05, 4.69) is 24.1 Å². The Bertz CT molecular complexity index is 298. The molecule has 0 radical (unpaired) electrons. The van der Waals surface area contributed by atoms with E-state index in [1.54, 1.807) is 0 Å². The Kier molecular flexibility index (Phi) is 9.07. The third-order valence-corrected chi connectivity index (χ3v) is 4.91. The zero-order chi connectivity index (χ0) is 13.1. The zero-order valence-electron chi connectivity index (χ0n) is 12.5. The summed E-state index contributed by atoms with van der Waals surface area (Å²) in [7, 11) is 0. The lowest BCUT2D eigenvalue weighted by atomic mass is 9.84. The summed E-state index contributed by atoms with van der Waals surface area (Å²) in [5.74, 6) is 1.44. The van der Waals surface area contributed by atoms with Gasteiger partial charge in [-0.3, -0.25) is 4.79 Å². The van der Waals surface area contributed by atoms with Crippen LogP contribution in [0.3, 0.4) is 0 Å². The van der Waals surface area contributed by atoms with Gasteiger partial charge in [0.2, 0.25) is 5.91 Å². The highest BCUT2D eigenvalue weighted by Crippen LogP contribution is 2.47. The molecule has 4 unspecified atom stereocenters. The molecule has 4 nitrogen and oxygen atoms in total. The molecule has 2 aliphatic carbocycles. The summed E-state index contributed by atoms with van der Waals surface area (Å²) in [5, 5.41) is 3.08. The molecule has 0 aromatic carbocycles. The predicted molar refractivity (Wildman–Crippen MR) is 87.6 cm³/mol. The molecule has 3 N–H and O–H groups in total. The van der Waals surface area contributed by atoms with Crippen LogP contribution in [0.5, 0.6) is 0 Å². The van der Waals surface area contributed by atoms with E-state index in [-0.39, 0.29) is 42.7 Å². The van der Waals surface area contributed by atoms with Crippen molar-refractivity contribution in [2.45, 2.75) is 39.2 Å². The van der Waals surface area contributed by atoms with E-state index in [1.165, 1.54) is 19.3 Å². The number of amides is 1. The lowest BCUT2D eigenvalue weighted by molar-refractivity contribution is -0.127. The standard InChI is InChI=1S/C14H27N3O.2ClH/c1-3-17(4-2)8-7-16-14(18)12-10-5-6-11(9-10)13(12)15;;/h10-13H,3-9,15H2,1-2H3,(H,16,18);2*1H. The molecule has 6 heteroatoms. The van der Waals surface area contributed by atoms with Crippen molar-refractivity contribution in [3.63, 3.8) is 0 Å². The van der Waals surface area contributed by atoms with Crippen LogP contribution >= 0.6 is 24.8 Å². The molecule has 0 saturated heterocycles. The number of hydrogen-bond donors (Lipinski definition) is 2. The minimum Gasteiger partial charge on any atom is -0.355 e. The first-order chi connectivity index (χ1) is 8.67. The van der Waals surface area contributed by atoms with Gasteiger partial charge in [0.05, 0.1) is 5.92 Å². The number of halogens is 2. The molecule has 4 atom stereocenters. The number of carbonyl (C=O) groups excluding carboxylic acids is 1. The summed E-state index contributed by atoms with van der Waals surface area (Å²) in [4.78, 5) is 14.5. The van der Waals surface area contributed by atoms with E-state index < -0.39 is 0 Å². The van der Waals surface area contributed by atoms with Crippen LogP contribution in [0.1, 0.15) is 33.1 Å². The maximum Gasteiger partial charge on any atom is 0.225 e. The van der Waals surface area contributed by atoms with Crippen LogP contribution in [0.2, 0.25) is 0 Å². The molecule has 120 valence electrons. The molecular formula is C14H29Cl2N3O. The lowest BCUT2D eigenvalue weighted by Gasteiger charge is -2.27. The van der Waals surface area contributed by atoms with Gasteiger partial charge in [-0.15, -0.1) is 24.8 Å². The minimum absolute atomic E-state index is 0. The Labute approximate surface area is 135 Å². The molecule has 0 spiro atoms. The monoisotopic (exact) mass is 325 g/mol. The number of carbonyl (C=O) groups is 1. The summed E-state index contributed by atoms with van der Waals surface area (Å²) in [6.07, 6.45) is 3.61. The van der Waals surface area contributed by atoms with Gasteiger partial charge in [0.1, 0.15) is 0 Å². The van der Waals surface area contributed by atoms with Gasteiger partial charge < -0.3 is 16.0 Å². The number of nitrogens with one attached hydrogen (secondary N) is 1. The predicted octanol–water partition coefficient (Wildman–Crippen LogP) is 1.66. The van der Waals surface area contributed by atoms with Gasteiger partial charge in [0.25, 0.3) is 0 Å². The molecular weight excluding hydrogens is 297 g/mol. The number of fused-ring (bicyclic) bond motifs is 2. The maximum atomic E-state index is 12.2. The topological polar surface area (TPSA) is 58.4 Å². The second-order valence-electron chi connectivity index (χ2n) is 5.75. The summed E-state index contributed by atoms with van der Waals surface area (Å²) in [5.41, 5.74) is 6.18. The van der Waals surface area contributed by atoms with Gasteiger partial charge in [-0.1, -0.05) is 13.8 Å². The molecule has 2 saturated carbocycles. The average Bonchev–Trinajstić information content (AvgIpc) is 2.95. The summed E-state index contributed by atoms with van der Waals surface area (Å²) in [6.45, 7) is 8.07. The Morgan fingerprint density at radius 1 is 1.20 bits per heavy atom. The summed E-state index contributed by atoms with van der Waals surface area (Å²) in [6, 6.07) is 0.109. The lowest BCUT2D eigenvalue weighted by Crippen LogP contribution is -2.46. The van der Waals surface area contributed by atoms with Crippen molar-refractivity contribution >= 4 is 30.7 Å². The van der Waals surface area contributed by atoms with Crippen LogP contribution in [0.25, 0.3) is 0 Å². The fourth-order valence-corrected chi connectivity index (χ4v) is 3.72. The van der Waals surface area contributed by atoms with Crippen molar-refractivity contribution in [3.05, 3.63) is 0 Å². The molecule has 2 bridgehead atoms. The SMILES string of the molecule is CCN(CC)CCNC(=O)C1C2CCC(C2)C1N.Cl.Cl. The average molecular weight is 326 g/mol. The van der Waals surface area contributed by atoms with E-state index in [0.717, 1.165) is 26.2 Å². The Balaban J connectivity index is 0.00000180. The number of rotatable bonds is 6. The van der Waals surface area contributed by atoms with Gasteiger partial charge >= 0.3 is 0 Å². The normalized spacial score (nSPS) is 30.8. The second kappa shape index (κ2) is 9.08. The molecule has 0 aliphatic heterocycles. The summed E-state index contributed by atoms with van der Waals surface area (Å²) >= 11 is 0. The molecule has 1 amide bonds. The van der Waals surface area contributed by atoms with E-state index in [0.29, 0.717) is 11.8 Å². The molecule has 0 heterocycles. The highest BCUT2D eigenvalue weighted by molar-refractivity contribution is 5.85. The second-order valence-corrected chi connectivity index (χ2v) is 5.75. The quantitative estimate of drug-likeness (QED) is 0.780. The van der Waals surface area contributed by atoms with E-state index in [4.69, 9.17) is 5.73 Å². The van der Waals surface area contributed by atoms with Crippen LogP contribution in [0.4, 0.5) is 0 Å². The Morgan fingerprint density at radius 3 is 2.30 bits per heavy atom. The van der Waals surface area contributed by atoms with Gasteiger partial charge in [-0.25, -0.2) is 0 Å². The molecule has 2 fully saturated rings. The largest absolute Gasteiger partial charge is 0.355 e. The molecule has 0 aromatic rings. The fraction of sp³-hybridized carbons (Fsp3) is 0.929. The van der Waals surface area contributed by atoms with Crippen LogP contribution in [-0.2, 0) is 4.79 Å². The van der Waals surface area contributed by atoms with Crippen LogP contribution in [0.15, 0.2) is 0 Å². The first kappa shape index (κ1) is 20.0.